The monoisotopic (exact) mass is 282 g/mol. The quantitative estimate of drug-likeness (QED) is 0.564. The van der Waals surface area contributed by atoms with Crippen LogP contribution in [-0.4, -0.2) is 16.9 Å². The number of rotatable bonds is 11. The van der Waals surface area contributed by atoms with Gasteiger partial charge in [-0.05, 0) is 31.6 Å². The first kappa shape index (κ1) is 17.2. The molecule has 0 bridgehead atoms. The van der Waals surface area contributed by atoms with Crippen LogP contribution in [0.5, 0.6) is 0 Å². The molecule has 0 unspecified atom stereocenters. The lowest BCUT2D eigenvalue weighted by Crippen LogP contribution is -2.14. The molecule has 1 saturated carbocycles. The predicted molar refractivity (Wildman–Crippen MR) is 80.7 cm³/mol. The second-order valence-electron chi connectivity index (χ2n) is 6.21. The van der Waals surface area contributed by atoms with Gasteiger partial charge in [0.1, 0.15) is 5.78 Å². The van der Waals surface area contributed by atoms with Crippen LogP contribution in [0.25, 0.3) is 0 Å². The van der Waals surface area contributed by atoms with Gasteiger partial charge in [-0.15, -0.1) is 0 Å². The summed E-state index contributed by atoms with van der Waals surface area (Å²) in [7, 11) is 0. The van der Waals surface area contributed by atoms with Crippen molar-refractivity contribution >= 4 is 11.8 Å². The van der Waals surface area contributed by atoms with Gasteiger partial charge in [-0.25, -0.2) is 0 Å². The molecular weight excluding hydrogens is 252 g/mol. The SMILES string of the molecule is CCCCC[C@H]1CCC(=O)[C@@H]1CCCCCCC(=O)O. The smallest absolute Gasteiger partial charge is 0.303 e. The number of hydrogen-bond donors (Lipinski definition) is 1. The van der Waals surface area contributed by atoms with Gasteiger partial charge >= 0.3 is 5.97 Å². The van der Waals surface area contributed by atoms with E-state index < -0.39 is 5.97 Å². The minimum absolute atomic E-state index is 0.280. The van der Waals surface area contributed by atoms with Gasteiger partial charge in [-0.3, -0.25) is 9.59 Å². The van der Waals surface area contributed by atoms with Gasteiger partial charge in [-0.2, -0.15) is 0 Å². The lowest BCUT2D eigenvalue weighted by Gasteiger charge is -2.18. The second-order valence-corrected chi connectivity index (χ2v) is 6.21. The highest BCUT2D eigenvalue weighted by atomic mass is 16.4. The Bertz CT molecular complexity index is 299. The number of hydrogen-bond acceptors (Lipinski definition) is 2. The number of carboxylic acids is 1. The van der Waals surface area contributed by atoms with Gasteiger partial charge in [0, 0.05) is 18.8 Å². The van der Waals surface area contributed by atoms with Crippen LogP contribution in [0.3, 0.4) is 0 Å². The highest BCUT2D eigenvalue weighted by Crippen LogP contribution is 2.36. The Hall–Kier alpha value is -0.860. The summed E-state index contributed by atoms with van der Waals surface area (Å²) in [5.74, 6) is 0.725. The molecule has 1 N–H and O–H groups in total. The van der Waals surface area contributed by atoms with Crippen molar-refractivity contribution in [1.82, 2.24) is 0 Å². The molecule has 1 aliphatic carbocycles. The molecule has 3 nitrogen and oxygen atoms in total. The largest absolute Gasteiger partial charge is 0.481 e. The van der Waals surface area contributed by atoms with Crippen LogP contribution in [0.4, 0.5) is 0 Å². The van der Waals surface area contributed by atoms with E-state index in [0.29, 0.717) is 17.6 Å². The Kier molecular flexibility index (Phi) is 8.56. The molecule has 0 amide bonds. The molecule has 0 saturated heterocycles. The van der Waals surface area contributed by atoms with Gasteiger partial charge in [0.2, 0.25) is 0 Å². The molecule has 0 spiro atoms. The maximum atomic E-state index is 11.9. The number of carboxylic acid groups (broad SMARTS) is 1. The van der Waals surface area contributed by atoms with Crippen molar-refractivity contribution in [2.75, 3.05) is 0 Å². The number of aliphatic carboxylic acids is 1. The van der Waals surface area contributed by atoms with E-state index in [1.807, 2.05) is 0 Å². The first-order valence-electron chi connectivity index (χ1n) is 8.39. The molecule has 0 aromatic rings. The van der Waals surface area contributed by atoms with Crippen LogP contribution < -0.4 is 0 Å². The van der Waals surface area contributed by atoms with Crippen molar-refractivity contribution in [2.24, 2.45) is 11.8 Å². The van der Waals surface area contributed by atoms with Crippen LogP contribution >= 0.6 is 0 Å². The standard InChI is InChI=1S/C17H30O3/c1-2-3-6-9-14-12-13-16(18)15(14)10-7-4-5-8-11-17(19)20/h14-15H,2-13H2,1H3,(H,19,20)/t14-,15+/m0/s1. The Balaban J connectivity index is 2.15. The molecule has 2 atom stereocenters. The average molecular weight is 282 g/mol. The zero-order valence-electron chi connectivity index (χ0n) is 12.9. The third-order valence-corrected chi connectivity index (χ3v) is 4.58. The van der Waals surface area contributed by atoms with Crippen LogP contribution in [-0.2, 0) is 9.59 Å². The predicted octanol–water partition coefficient (Wildman–Crippen LogP) is 4.59. The first-order valence-corrected chi connectivity index (χ1v) is 8.39. The summed E-state index contributed by atoms with van der Waals surface area (Å²) in [5.41, 5.74) is 0. The van der Waals surface area contributed by atoms with Crippen molar-refractivity contribution in [1.29, 1.82) is 0 Å². The van der Waals surface area contributed by atoms with Gasteiger partial charge < -0.3 is 5.11 Å². The molecule has 1 fully saturated rings. The summed E-state index contributed by atoms with van der Waals surface area (Å²) < 4.78 is 0. The molecule has 20 heavy (non-hydrogen) atoms. The van der Waals surface area contributed by atoms with E-state index in [1.54, 1.807) is 0 Å². The fourth-order valence-corrected chi connectivity index (χ4v) is 3.37. The molecule has 0 aromatic carbocycles. The summed E-state index contributed by atoms with van der Waals surface area (Å²) in [4.78, 5) is 22.4. The maximum absolute atomic E-state index is 11.9. The number of carbonyl (C=O) groups excluding carboxylic acids is 1. The molecule has 1 rings (SSSR count). The van der Waals surface area contributed by atoms with Crippen molar-refractivity contribution in [3.05, 3.63) is 0 Å². The minimum atomic E-state index is -0.702. The third kappa shape index (κ3) is 6.53. The number of unbranched alkanes of at least 4 members (excludes halogenated alkanes) is 5. The normalized spacial score (nSPS) is 22.4. The number of ketones is 1. The van der Waals surface area contributed by atoms with E-state index in [1.165, 1.54) is 25.7 Å². The van der Waals surface area contributed by atoms with Crippen molar-refractivity contribution < 1.29 is 14.7 Å². The number of carbonyl (C=O) groups is 2. The topological polar surface area (TPSA) is 54.4 Å². The van der Waals surface area contributed by atoms with E-state index in [2.05, 4.69) is 6.92 Å². The Morgan fingerprint density at radius 1 is 1.10 bits per heavy atom. The minimum Gasteiger partial charge on any atom is -0.481 e. The molecule has 0 aliphatic heterocycles. The van der Waals surface area contributed by atoms with Crippen LogP contribution in [0.1, 0.15) is 84.0 Å². The maximum Gasteiger partial charge on any atom is 0.303 e. The third-order valence-electron chi connectivity index (χ3n) is 4.58. The van der Waals surface area contributed by atoms with Crippen LogP contribution in [0.15, 0.2) is 0 Å². The molecule has 3 heteroatoms. The van der Waals surface area contributed by atoms with Crippen molar-refractivity contribution in [3.63, 3.8) is 0 Å². The summed E-state index contributed by atoms with van der Waals surface area (Å²) in [6, 6.07) is 0. The van der Waals surface area contributed by atoms with Gasteiger partial charge in [0.15, 0.2) is 0 Å². The van der Waals surface area contributed by atoms with Gasteiger partial charge in [0.05, 0.1) is 0 Å². The summed E-state index contributed by atoms with van der Waals surface area (Å²) in [6.45, 7) is 2.22. The Labute approximate surface area is 123 Å². The lowest BCUT2D eigenvalue weighted by molar-refractivity contribution is -0.137. The molecule has 116 valence electrons. The zero-order valence-corrected chi connectivity index (χ0v) is 12.9. The van der Waals surface area contributed by atoms with Gasteiger partial charge in [-0.1, -0.05) is 45.4 Å². The lowest BCUT2D eigenvalue weighted by atomic mass is 9.86. The molecular formula is C17H30O3. The van der Waals surface area contributed by atoms with Crippen LogP contribution in [0.2, 0.25) is 0 Å². The van der Waals surface area contributed by atoms with E-state index in [4.69, 9.17) is 5.11 Å². The molecule has 0 radical (unpaired) electrons. The average Bonchev–Trinajstić information content (AvgIpc) is 2.75. The fraction of sp³-hybridized carbons (Fsp3) is 0.882. The van der Waals surface area contributed by atoms with Gasteiger partial charge in [0.25, 0.3) is 0 Å². The first-order chi connectivity index (χ1) is 9.65. The summed E-state index contributed by atoms with van der Waals surface area (Å²) in [6.07, 6.45) is 12.1. The Morgan fingerprint density at radius 2 is 1.80 bits per heavy atom. The second kappa shape index (κ2) is 9.95. The molecule has 1 aliphatic rings. The van der Waals surface area contributed by atoms with Crippen LogP contribution in [0, 0.1) is 11.8 Å². The fourth-order valence-electron chi connectivity index (χ4n) is 3.37. The summed E-state index contributed by atoms with van der Waals surface area (Å²) >= 11 is 0. The highest BCUT2D eigenvalue weighted by molar-refractivity contribution is 5.83. The molecule has 0 aromatic heterocycles. The number of Topliss-reactive ketones (excluding diaryl/α,β-unsaturated/α-hetero) is 1. The highest BCUT2D eigenvalue weighted by Gasteiger charge is 2.33. The van der Waals surface area contributed by atoms with Crippen molar-refractivity contribution in [3.8, 4) is 0 Å². The van der Waals surface area contributed by atoms with E-state index >= 15 is 0 Å². The molecule has 0 heterocycles. The van der Waals surface area contributed by atoms with E-state index in [0.717, 1.165) is 44.9 Å². The summed E-state index contributed by atoms with van der Waals surface area (Å²) in [5, 5.41) is 8.57. The Morgan fingerprint density at radius 3 is 2.50 bits per heavy atom. The van der Waals surface area contributed by atoms with E-state index in [-0.39, 0.29) is 6.42 Å². The van der Waals surface area contributed by atoms with E-state index in [9.17, 15) is 9.59 Å². The zero-order chi connectivity index (χ0) is 14.8. The van der Waals surface area contributed by atoms with Crippen molar-refractivity contribution in [2.45, 2.75) is 84.0 Å².